The highest BCUT2D eigenvalue weighted by atomic mass is 19.1. The molecular weight excluding hydrogens is 203 g/mol. The summed E-state index contributed by atoms with van der Waals surface area (Å²) in [6, 6.07) is 5.66. The van der Waals surface area contributed by atoms with Crippen molar-refractivity contribution in [2.24, 2.45) is 5.73 Å². The van der Waals surface area contributed by atoms with E-state index in [1.54, 1.807) is 6.20 Å². The minimum absolute atomic E-state index is 0.174. The zero-order valence-corrected chi connectivity index (χ0v) is 9.09. The molecule has 3 N–H and O–H groups in total. The number of H-pyrrole nitrogens is 1. The molecule has 0 saturated heterocycles. The molecule has 0 unspecified atom stereocenters. The summed E-state index contributed by atoms with van der Waals surface area (Å²) in [4.78, 5) is 2.94. The number of benzene rings is 1. The van der Waals surface area contributed by atoms with Gasteiger partial charge in [0.05, 0.1) is 5.52 Å². The van der Waals surface area contributed by atoms with Gasteiger partial charge in [-0.25, -0.2) is 4.39 Å². The Labute approximate surface area is 93.6 Å². The standard InChI is InChI=1S/C13H15FN2/c14-11-10(13(15)6-1-2-7-13)4-3-9-5-8-16-12(9)11/h3-5,8,16H,1-2,6-7,15H2. The molecule has 0 amide bonds. The van der Waals surface area contributed by atoms with Gasteiger partial charge in [0.25, 0.3) is 0 Å². The summed E-state index contributed by atoms with van der Waals surface area (Å²) in [6.45, 7) is 0. The first-order chi connectivity index (χ1) is 7.71. The molecule has 1 saturated carbocycles. The quantitative estimate of drug-likeness (QED) is 0.759. The van der Waals surface area contributed by atoms with Crippen LogP contribution in [0.15, 0.2) is 24.4 Å². The van der Waals surface area contributed by atoms with Crippen LogP contribution in [-0.4, -0.2) is 4.98 Å². The van der Waals surface area contributed by atoms with E-state index >= 15 is 0 Å². The molecule has 1 aliphatic rings. The lowest BCUT2D eigenvalue weighted by Crippen LogP contribution is -2.34. The van der Waals surface area contributed by atoms with Gasteiger partial charge in [-0.3, -0.25) is 0 Å². The van der Waals surface area contributed by atoms with Crippen molar-refractivity contribution in [3.8, 4) is 0 Å². The third-order valence-corrected chi connectivity index (χ3v) is 3.70. The van der Waals surface area contributed by atoms with E-state index in [1.807, 2.05) is 18.2 Å². The lowest BCUT2D eigenvalue weighted by atomic mass is 9.88. The van der Waals surface area contributed by atoms with Crippen LogP contribution in [0.3, 0.4) is 0 Å². The second kappa shape index (κ2) is 3.32. The Balaban J connectivity index is 2.19. The number of hydrogen-bond donors (Lipinski definition) is 2. The SMILES string of the molecule is NC1(c2ccc3cc[nH]c3c2F)CCCC1. The molecule has 0 atom stereocenters. The maximum absolute atomic E-state index is 14.3. The largest absolute Gasteiger partial charge is 0.359 e. The third kappa shape index (κ3) is 1.28. The number of aromatic nitrogens is 1. The fraction of sp³-hybridized carbons (Fsp3) is 0.385. The molecule has 0 radical (unpaired) electrons. The first kappa shape index (κ1) is 9.85. The molecule has 1 aromatic heterocycles. The highest BCUT2D eigenvalue weighted by molar-refractivity contribution is 5.81. The lowest BCUT2D eigenvalue weighted by Gasteiger charge is -2.24. The van der Waals surface area contributed by atoms with E-state index in [4.69, 9.17) is 5.73 Å². The van der Waals surface area contributed by atoms with Crippen LogP contribution in [-0.2, 0) is 5.54 Å². The van der Waals surface area contributed by atoms with E-state index in [0.717, 1.165) is 31.1 Å². The number of rotatable bonds is 1. The molecule has 3 rings (SSSR count). The van der Waals surface area contributed by atoms with Crippen LogP contribution in [0, 0.1) is 5.82 Å². The Kier molecular flexibility index (Phi) is 2.04. The molecule has 0 spiro atoms. The smallest absolute Gasteiger partial charge is 0.152 e. The van der Waals surface area contributed by atoms with Crippen LogP contribution in [0.1, 0.15) is 31.2 Å². The minimum Gasteiger partial charge on any atom is -0.359 e. The molecule has 2 nitrogen and oxygen atoms in total. The Bertz CT molecular complexity index is 524. The van der Waals surface area contributed by atoms with E-state index in [2.05, 4.69) is 4.98 Å². The third-order valence-electron chi connectivity index (χ3n) is 3.70. The molecule has 1 aromatic carbocycles. The summed E-state index contributed by atoms with van der Waals surface area (Å²) in [6.07, 6.45) is 5.72. The van der Waals surface area contributed by atoms with Crippen LogP contribution in [0.2, 0.25) is 0 Å². The maximum Gasteiger partial charge on any atom is 0.152 e. The van der Waals surface area contributed by atoms with E-state index in [1.165, 1.54) is 0 Å². The van der Waals surface area contributed by atoms with Gasteiger partial charge in [-0.2, -0.15) is 0 Å². The van der Waals surface area contributed by atoms with Crippen LogP contribution >= 0.6 is 0 Å². The van der Waals surface area contributed by atoms with E-state index in [9.17, 15) is 4.39 Å². The van der Waals surface area contributed by atoms with Crippen molar-refractivity contribution in [2.75, 3.05) is 0 Å². The molecule has 0 bridgehead atoms. The van der Waals surface area contributed by atoms with Crippen LogP contribution in [0.25, 0.3) is 10.9 Å². The molecule has 1 heterocycles. The van der Waals surface area contributed by atoms with Gasteiger partial charge in [-0.05, 0) is 18.9 Å². The summed E-state index contributed by atoms with van der Waals surface area (Å²) in [5.41, 5.74) is 7.08. The molecule has 1 fully saturated rings. The van der Waals surface area contributed by atoms with Gasteiger partial charge in [-0.1, -0.05) is 25.0 Å². The van der Waals surface area contributed by atoms with Gasteiger partial charge >= 0.3 is 0 Å². The Morgan fingerprint density at radius 1 is 1.19 bits per heavy atom. The molecule has 84 valence electrons. The van der Waals surface area contributed by atoms with Crippen molar-refractivity contribution >= 4 is 10.9 Å². The number of hydrogen-bond acceptors (Lipinski definition) is 1. The lowest BCUT2D eigenvalue weighted by molar-refractivity contribution is 0.435. The Morgan fingerprint density at radius 3 is 2.69 bits per heavy atom. The first-order valence-electron chi connectivity index (χ1n) is 5.76. The van der Waals surface area contributed by atoms with Crippen LogP contribution < -0.4 is 5.73 Å². The number of aromatic amines is 1. The normalized spacial score (nSPS) is 19.4. The zero-order valence-electron chi connectivity index (χ0n) is 9.09. The van der Waals surface area contributed by atoms with E-state index in [-0.39, 0.29) is 5.82 Å². The molecule has 2 aromatic rings. The van der Waals surface area contributed by atoms with Gasteiger partial charge in [-0.15, -0.1) is 0 Å². The van der Waals surface area contributed by atoms with Crippen molar-refractivity contribution in [3.05, 3.63) is 35.8 Å². The highest BCUT2D eigenvalue weighted by Gasteiger charge is 2.34. The van der Waals surface area contributed by atoms with Gasteiger partial charge in [0.1, 0.15) is 0 Å². The van der Waals surface area contributed by atoms with Gasteiger partial charge < -0.3 is 10.7 Å². The highest BCUT2D eigenvalue weighted by Crippen LogP contribution is 2.38. The fourth-order valence-corrected chi connectivity index (χ4v) is 2.75. The fourth-order valence-electron chi connectivity index (χ4n) is 2.75. The first-order valence-corrected chi connectivity index (χ1v) is 5.76. The summed E-state index contributed by atoms with van der Waals surface area (Å²) in [7, 11) is 0. The minimum atomic E-state index is -0.455. The summed E-state index contributed by atoms with van der Waals surface area (Å²) >= 11 is 0. The molecule has 16 heavy (non-hydrogen) atoms. The van der Waals surface area contributed by atoms with Crippen molar-refractivity contribution in [1.82, 2.24) is 4.98 Å². The number of nitrogens with two attached hydrogens (primary N) is 1. The Hall–Kier alpha value is -1.35. The summed E-state index contributed by atoms with van der Waals surface area (Å²) < 4.78 is 14.3. The molecular formula is C13H15FN2. The van der Waals surface area contributed by atoms with Gasteiger partial charge in [0, 0.05) is 22.7 Å². The Morgan fingerprint density at radius 2 is 1.94 bits per heavy atom. The maximum atomic E-state index is 14.3. The van der Waals surface area contributed by atoms with E-state index < -0.39 is 5.54 Å². The van der Waals surface area contributed by atoms with E-state index in [0.29, 0.717) is 11.1 Å². The van der Waals surface area contributed by atoms with Crippen molar-refractivity contribution < 1.29 is 4.39 Å². The van der Waals surface area contributed by atoms with Gasteiger partial charge in [0.2, 0.25) is 0 Å². The number of fused-ring (bicyclic) bond motifs is 1. The van der Waals surface area contributed by atoms with Crippen molar-refractivity contribution in [2.45, 2.75) is 31.2 Å². The van der Waals surface area contributed by atoms with Gasteiger partial charge in [0.15, 0.2) is 5.82 Å². The van der Waals surface area contributed by atoms with Crippen molar-refractivity contribution in [1.29, 1.82) is 0 Å². The second-order valence-corrected chi connectivity index (χ2v) is 4.73. The average molecular weight is 218 g/mol. The molecule has 3 heteroatoms. The molecule has 1 aliphatic carbocycles. The second-order valence-electron chi connectivity index (χ2n) is 4.73. The summed E-state index contributed by atoms with van der Waals surface area (Å²) in [5.74, 6) is -0.174. The predicted molar refractivity (Wildman–Crippen MR) is 62.6 cm³/mol. The summed E-state index contributed by atoms with van der Waals surface area (Å²) in [5, 5.41) is 0.905. The monoisotopic (exact) mass is 218 g/mol. The van der Waals surface area contributed by atoms with Crippen LogP contribution in [0.5, 0.6) is 0 Å². The van der Waals surface area contributed by atoms with Crippen molar-refractivity contribution in [3.63, 3.8) is 0 Å². The topological polar surface area (TPSA) is 41.8 Å². The number of halogens is 1. The average Bonchev–Trinajstić information content (AvgIpc) is 2.87. The predicted octanol–water partition coefficient (Wildman–Crippen LogP) is 3.04. The van der Waals surface area contributed by atoms with Crippen LogP contribution in [0.4, 0.5) is 4.39 Å². The number of nitrogens with one attached hydrogen (secondary N) is 1. The molecule has 0 aliphatic heterocycles. The zero-order chi connectivity index (χ0) is 11.2.